The zero-order valence-electron chi connectivity index (χ0n) is 15.5. The molecule has 1 N–H and O–H groups in total. The van der Waals surface area contributed by atoms with Crippen molar-refractivity contribution in [2.24, 2.45) is 0 Å². The Hall–Kier alpha value is -3.10. The normalized spacial score (nSPS) is 13.3. The van der Waals surface area contributed by atoms with E-state index in [1.807, 2.05) is 0 Å². The highest BCUT2D eigenvalue weighted by molar-refractivity contribution is 7.92. The average molecular weight is 447 g/mol. The second-order valence-corrected chi connectivity index (χ2v) is 8.77. The molecule has 1 aliphatic heterocycles. The highest BCUT2D eigenvalue weighted by Crippen LogP contribution is 2.36. The molecule has 0 saturated heterocycles. The predicted molar refractivity (Wildman–Crippen MR) is 112 cm³/mol. The maximum Gasteiger partial charge on any atom is 0.264 e. The van der Waals surface area contributed by atoms with Gasteiger partial charge >= 0.3 is 0 Å². The number of rotatable bonds is 4. The van der Waals surface area contributed by atoms with Crippen molar-refractivity contribution in [2.45, 2.75) is 4.90 Å². The molecule has 0 aromatic heterocycles. The molecule has 0 spiro atoms. The van der Waals surface area contributed by atoms with Crippen LogP contribution in [0.4, 0.5) is 15.8 Å². The molecule has 1 amide bonds. The maximum atomic E-state index is 13.2. The first-order valence-corrected chi connectivity index (χ1v) is 10.8. The molecule has 4 rings (SSSR count). The quantitative estimate of drug-likeness (QED) is 0.647. The molecule has 0 fully saturated rings. The van der Waals surface area contributed by atoms with Crippen LogP contribution in [0.3, 0.4) is 0 Å². The number of para-hydroxylation sites is 1. The smallest absolute Gasteiger partial charge is 0.264 e. The van der Waals surface area contributed by atoms with Gasteiger partial charge in [0.25, 0.3) is 15.9 Å². The van der Waals surface area contributed by atoms with Crippen LogP contribution in [-0.4, -0.2) is 27.5 Å². The Bertz CT molecular complexity index is 1220. The van der Waals surface area contributed by atoms with E-state index in [2.05, 4.69) is 5.32 Å². The van der Waals surface area contributed by atoms with Gasteiger partial charge in [-0.2, -0.15) is 0 Å². The summed E-state index contributed by atoms with van der Waals surface area (Å²) in [5.74, 6) is -0.647. The minimum atomic E-state index is -3.97. The number of ether oxygens (including phenoxy) is 1. The van der Waals surface area contributed by atoms with Crippen LogP contribution in [0.25, 0.3) is 0 Å². The van der Waals surface area contributed by atoms with Gasteiger partial charge in [-0.1, -0.05) is 23.7 Å². The second kappa shape index (κ2) is 7.97. The van der Waals surface area contributed by atoms with Crippen molar-refractivity contribution in [2.75, 3.05) is 22.8 Å². The molecule has 0 bridgehead atoms. The Morgan fingerprint density at radius 3 is 2.53 bits per heavy atom. The fraction of sp³-hybridized carbons (Fsp3) is 0.0952. The van der Waals surface area contributed by atoms with E-state index in [-0.39, 0.29) is 29.3 Å². The van der Waals surface area contributed by atoms with Gasteiger partial charge in [-0.25, -0.2) is 12.8 Å². The molecule has 30 heavy (non-hydrogen) atoms. The molecule has 0 radical (unpaired) electrons. The van der Waals surface area contributed by atoms with Gasteiger partial charge < -0.3 is 10.1 Å². The summed E-state index contributed by atoms with van der Waals surface area (Å²) >= 11 is 6.08. The Morgan fingerprint density at radius 1 is 1.07 bits per heavy atom. The number of nitrogens with zero attached hydrogens (tertiary/aromatic N) is 1. The van der Waals surface area contributed by atoms with Crippen LogP contribution in [0.15, 0.2) is 71.6 Å². The van der Waals surface area contributed by atoms with Crippen molar-refractivity contribution in [3.63, 3.8) is 0 Å². The Balaban J connectivity index is 1.69. The van der Waals surface area contributed by atoms with Crippen LogP contribution in [0.2, 0.25) is 5.02 Å². The third kappa shape index (κ3) is 3.83. The molecule has 0 saturated carbocycles. The molecular formula is C21H16ClFN2O4S. The summed E-state index contributed by atoms with van der Waals surface area (Å²) in [5, 5.41) is 3.09. The summed E-state index contributed by atoms with van der Waals surface area (Å²) in [7, 11) is -3.97. The largest absolute Gasteiger partial charge is 0.489 e. The molecule has 154 valence electrons. The maximum absolute atomic E-state index is 13.2. The lowest BCUT2D eigenvalue weighted by molar-refractivity contribution is 0.102. The first-order valence-electron chi connectivity index (χ1n) is 8.97. The van der Waals surface area contributed by atoms with Crippen molar-refractivity contribution in [3.05, 3.63) is 83.1 Å². The lowest BCUT2D eigenvalue weighted by Crippen LogP contribution is -2.38. The number of hydrogen-bond donors (Lipinski definition) is 1. The summed E-state index contributed by atoms with van der Waals surface area (Å²) in [6.07, 6.45) is 0. The zero-order valence-corrected chi connectivity index (χ0v) is 17.1. The van der Waals surface area contributed by atoms with E-state index in [1.54, 1.807) is 36.4 Å². The molecule has 3 aromatic carbocycles. The molecule has 0 aliphatic carbocycles. The minimum absolute atomic E-state index is 0.0531. The third-order valence-electron chi connectivity index (χ3n) is 4.57. The van der Waals surface area contributed by atoms with Gasteiger partial charge in [0.1, 0.15) is 18.2 Å². The molecule has 3 aromatic rings. The van der Waals surface area contributed by atoms with E-state index in [0.717, 1.165) is 16.4 Å². The first kappa shape index (κ1) is 20.2. The van der Waals surface area contributed by atoms with E-state index in [0.29, 0.717) is 16.5 Å². The lowest BCUT2D eigenvalue weighted by atomic mass is 10.1. The predicted octanol–water partition coefficient (Wildman–Crippen LogP) is 4.32. The lowest BCUT2D eigenvalue weighted by Gasteiger charge is -2.30. The topological polar surface area (TPSA) is 75.7 Å². The van der Waals surface area contributed by atoms with E-state index in [9.17, 15) is 17.6 Å². The standard InChI is InChI=1S/C21H16ClFN2O4S/c22-17-3-1-2-4-18(17)24-21(26)14-5-10-20-19(13-14)25(11-12-29-20)30(27,28)16-8-6-15(23)7-9-16/h1-10,13H,11-12H2,(H,24,26). The number of anilines is 2. The number of benzene rings is 3. The molecule has 1 aliphatic rings. The van der Waals surface area contributed by atoms with Crippen molar-refractivity contribution >= 4 is 38.9 Å². The summed E-state index contributed by atoms with van der Waals surface area (Å²) < 4.78 is 46.2. The van der Waals surface area contributed by atoms with Crippen LogP contribution in [0.1, 0.15) is 10.4 Å². The number of hydrogen-bond acceptors (Lipinski definition) is 4. The van der Waals surface area contributed by atoms with Crippen molar-refractivity contribution in [1.82, 2.24) is 0 Å². The van der Waals surface area contributed by atoms with Gasteiger partial charge in [0.15, 0.2) is 0 Å². The first-order chi connectivity index (χ1) is 14.4. The molecular weight excluding hydrogens is 431 g/mol. The Kier molecular flexibility index (Phi) is 5.36. The SMILES string of the molecule is O=C(Nc1ccccc1Cl)c1ccc2c(c1)N(S(=O)(=O)c1ccc(F)cc1)CCO2. The molecule has 0 atom stereocenters. The fourth-order valence-corrected chi connectivity index (χ4v) is 4.71. The number of fused-ring (bicyclic) bond motifs is 1. The van der Waals surface area contributed by atoms with Crippen LogP contribution >= 0.6 is 11.6 Å². The van der Waals surface area contributed by atoms with Crippen LogP contribution in [-0.2, 0) is 10.0 Å². The van der Waals surface area contributed by atoms with Crippen LogP contribution in [0, 0.1) is 5.82 Å². The van der Waals surface area contributed by atoms with E-state index >= 15 is 0 Å². The monoisotopic (exact) mass is 446 g/mol. The van der Waals surface area contributed by atoms with Gasteiger partial charge in [-0.05, 0) is 54.6 Å². The van der Waals surface area contributed by atoms with Gasteiger partial charge in [0.05, 0.1) is 27.8 Å². The van der Waals surface area contributed by atoms with E-state index < -0.39 is 21.7 Å². The van der Waals surface area contributed by atoms with E-state index in [1.165, 1.54) is 18.2 Å². The number of carbonyl (C=O) groups is 1. The number of halogens is 2. The zero-order chi connectivity index (χ0) is 21.3. The Morgan fingerprint density at radius 2 is 1.80 bits per heavy atom. The van der Waals surface area contributed by atoms with Gasteiger partial charge in [-0.15, -0.1) is 0 Å². The van der Waals surface area contributed by atoms with Crippen LogP contribution < -0.4 is 14.4 Å². The van der Waals surface area contributed by atoms with Gasteiger partial charge in [0, 0.05) is 5.56 Å². The van der Waals surface area contributed by atoms with E-state index in [4.69, 9.17) is 16.3 Å². The number of sulfonamides is 1. The van der Waals surface area contributed by atoms with Crippen LogP contribution in [0.5, 0.6) is 5.75 Å². The fourth-order valence-electron chi connectivity index (χ4n) is 3.08. The molecule has 9 heteroatoms. The summed E-state index contributed by atoms with van der Waals surface area (Å²) in [6.45, 7) is 0.209. The molecule has 0 unspecified atom stereocenters. The number of carbonyl (C=O) groups excluding carboxylic acids is 1. The summed E-state index contributed by atoms with van der Waals surface area (Å²) in [5.41, 5.74) is 0.907. The van der Waals surface area contributed by atoms with Gasteiger partial charge in [0.2, 0.25) is 0 Å². The molecule has 1 heterocycles. The average Bonchev–Trinajstić information content (AvgIpc) is 2.74. The van der Waals surface area contributed by atoms with Gasteiger partial charge in [-0.3, -0.25) is 9.10 Å². The third-order valence-corrected chi connectivity index (χ3v) is 6.72. The summed E-state index contributed by atoms with van der Waals surface area (Å²) in [6, 6.07) is 15.9. The highest BCUT2D eigenvalue weighted by atomic mass is 35.5. The summed E-state index contributed by atoms with van der Waals surface area (Å²) in [4.78, 5) is 12.6. The minimum Gasteiger partial charge on any atom is -0.489 e. The van der Waals surface area contributed by atoms with Crippen molar-refractivity contribution in [3.8, 4) is 5.75 Å². The highest BCUT2D eigenvalue weighted by Gasteiger charge is 2.31. The second-order valence-electron chi connectivity index (χ2n) is 6.50. The number of nitrogens with one attached hydrogen (secondary N) is 1. The Labute approximate surface area is 177 Å². The number of amides is 1. The van der Waals surface area contributed by atoms with Crippen molar-refractivity contribution in [1.29, 1.82) is 0 Å². The van der Waals surface area contributed by atoms with Crippen molar-refractivity contribution < 1.29 is 22.3 Å². The molecule has 6 nitrogen and oxygen atoms in total.